The Morgan fingerprint density at radius 3 is 3.00 bits per heavy atom. The summed E-state index contributed by atoms with van der Waals surface area (Å²) in [7, 11) is 0. The van der Waals surface area contributed by atoms with Gasteiger partial charge in [-0.15, -0.1) is 0 Å². The van der Waals surface area contributed by atoms with Crippen molar-refractivity contribution >= 4 is 22.6 Å². The van der Waals surface area contributed by atoms with E-state index in [0.29, 0.717) is 11.3 Å². The van der Waals surface area contributed by atoms with Crippen LogP contribution >= 0.6 is 11.6 Å². The molecule has 1 aliphatic heterocycles. The fourth-order valence-electron chi connectivity index (χ4n) is 4.40. The van der Waals surface area contributed by atoms with E-state index in [-0.39, 0.29) is 0 Å². The van der Waals surface area contributed by atoms with Crippen molar-refractivity contribution in [1.29, 1.82) is 0 Å². The van der Waals surface area contributed by atoms with Gasteiger partial charge in [-0.3, -0.25) is 0 Å². The van der Waals surface area contributed by atoms with Crippen LogP contribution in [0.2, 0.25) is 5.28 Å². The fourth-order valence-corrected chi connectivity index (χ4v) is 4.53. The van der Waals surface area contributed by atoms with Crippen LogP contribution < -0.4 is 5.32 Å². The summed E-state index contributed by atoms with van der Waals surface area (Å²) in [4.78, 5) is 8.61. The molecule has 4 rings (SSSR count). The Morgan fingerprint density at radius 2 is 2.18 bits per heavy atom. The van der Waals surface area contributed by atoms with E-state index in [1.54, 1.807) is 0 Å². The van der Waals surface area contributed by atoms with Crippen molar-refractivity contribution in [1.82, 2.24) is 19.9 Å². The molecule has 5 heteroatoms. The van der Waals surface area contributed by atoms with E-state index in [2.05, 4.69) is 33.0 Å². The zero-order chi connectivity index (χ0) is 15.1. The molecule has 4 nitrogen and oxygen atoms in total. The minimum Gasteiger partial charge on any atom is -0.329 e. The van der Waals surface area contributed by atoms with E-state index in [1.807, 2.05) is 6.20 Å². The van der Waals surface area contributed by atoms with Crippen LogP contribution in [0.15, 0.2) is 12.4 Å². The zero-order valence-corrected chi connectivity index (χ0v) is 13.8. The summed E-state index contributed by atoms with van der Waals surface area (Å²) in [6.45, 7) is 4.54. The molecule has 2 aromatic rings. The maximum atomic E-state index is 6.01. The second kappa shape index (κ2) is 5.82. The Labute approximate surface area is 136 Å². The summed E-state index contributed by atoms with van der Waals surface area (Å²) < 4.78 is 2.36. The Bertz CT molecular complexity index is 675. The molecule has 1 saturated heterocycles. The van der Waals surface area contributed by atoms with Crippen LogP contribution in [0.4, 0.5) is 0 Å². The number of nitrogens with zero attached hydrogens (tertiary/aromatic N) is 3. The van der Waals surface area contributed by atoms with Gasteiger partial charge < -0.3 is 9.88 Å². The van der Waals surface area contributed by atoms with Crippen LogP contribution in [0.1, 0.15) is 43.7 Å². The first-order chi connectivity index (χ1) is 10.7. The summed E-state index contributed by atoms with van der Waals surface area (Å²) in [6, 6.07) is 0.564. The molecule has 3 heterocycles. The molecule has 1 saturated carbocycles. The standard InChI is InChI=1S/C17H23ClN4/c1-11-10-22(16-15(11)9-20-17(18)21-16)14-5-4-12(7-14)13-3-2-6-19-8-13/h9-10,12-14,19H,2-8H2,1H3. The predicted octanol–water partition coefficient (Wildman–Crippen LogP) is 3.73. The Balaban J connectivity index is 1.59. The van der Waals surface area contributed by atoms with E-state index in [4.69, 9.17) is 11.6 Å². The number of hydrogen-bond acceptors (Lipinski definition) is 3. The summed E-state index contributed by atoms with van der Waals surface area (Å²) in [5.41, 5.74) is 2.25. The van der Waals surface area contributed by atoms with Crippen molar-refractivity contribution in [3.05, 3.63) is 23.2 Å². The van der Waals surface area contributed by atoms with Gasteiger partial charge in [-0.2, -0.15) is 4.98 Å². The third-order valence-electron chi connectivity index (χ3n) is 5.58. The summed E-state index contributed by atoms with van der Waals surface area (Å²) in [5.74, 6) is 1.72. The monoisotopic (exact) mass is 318 g/mol. The molecule has 22 heavy (non-hydrogen) atoms. The highest BCUT2D eigenvalue weighted by Gasteiger charge is 2.33. The second-order valence-electron chi connectivity index (χ2n) is 6.93. The topological polar surface area (TPSA) is 42.7 Å². The number of halogens is 1. The van der Waals surface area contributed by atoms with Gasteiger partial charge in [0.25, 0.3) is 0 Å². The molecule has 0 spiro atoms. The molecule has 2 aliphatic rings. The van der Waals surface area contributed by atoms with Gasteiger partial charge in [0.1, 0.15) is 5.65 Å². The first-order valence-electron chi connectivity index (χ1n) is 8.43. The molecule has 2 fully saturated rings. The van der Waals surface area contributed by atoms with Crippen molar-refractivity contribution in [2.75, 3.05) is 13.1 Å². The normalized spacial score (nSPS) is 29.3. The van der Waals surface area contributed by atoms with Crippen molar-refractivity contribution < 1.29 is 0 Å². The van der Waals surface area contributed by atoms with E-state index in [9.17, 15) is 0 Å². The average molecular weight is 319 g/mol. The summed E-state index contributed by atoms with van der Waals surface area (Å²) >= 11 is 6.01. The van der Waals surface area contributed by atoms with Gasteiger partial charge in [0, 0.05) is 23.8 Å². The number of fused-ring (bicyclic) bond motifs is 1. The smallest absolute Gasteiger partial charge is 0.224 e. The lowest BCUT2D eigenvalue weighted by Crippen LogP contribution is -2.33. The molecular weight excluding hydrogens is 296 g/mol. The lowest BCUT2D eigenvalue weighted by Gasteiger charge is -2.28. The van der Waals surface area contributed by atoms with Gasteiger partial charge in [-0.25, -0.2) is 4.98 Å². The van der Waals surface area contributed by atoms with Crippen molar-refractivity contribution in [2.24, 2.45) is 11.8 Å². The molecule has 1 aliphatic carbocycles. The number of nitrogens with one attached hydrogen (secondary N) is 1. The number of aromatic nitrogens is 3. The van der Waals surface area contributed by atoms with Gasteiger partial charge in [0.2, 0.25) is 5.28 Å². The fraction of sp³-hybridized carbons (Fsp3) is 0.647. The van der Waals surface area contributed by atoms with Crippen molar-refractivity contribution in [3.63, 3.8) is 0 Å². The summed E-state index contributed by atoms with van der Waals surface area (Å²) in [5, 5.41) is 5.04. The molecule has 0 radical (unpaired) electrons. The summed E-state index contributed by atoms with van der Waals surface area (Å²) in [6.07, 6.45) is 10.7. The maximum absolute atomic E-state index is 6.01. The predicted molar refractivity (Wildman–Crippen MR) is 89.2 cm³/mol. The molecule has 0 bridgehead atoms. The van der Waals surface area contributed by atoms with Crippen LogP contribution in [0.25, 0.3) is 11.0 Å². The Hall–Kier alpha value is -1.13. The highest BCUT2D eigenvalue weighted by Crippen LogP contribution is 2.42. The lowest BCUT2D eigenvalue weighted by atomic mass is 9.85. The third kappa shape index (κ3) is 2.52. The molecular formula is C17H23ClN4. The molecule has 0 amide bonds. The Kier molecular flexibility index (Phi) is 3.82. The molecule has 0 aromatic carbocycles. The second-order valence-corrected chi connectivity index (χ2v) is 7.27. The maximum Gasteiger partial charge on any atom is 0.224 e. The third-order valence-corrected chi connectivity index (χ3v) is 5.76. The van der Waals surface area contributed by atoms with Crippen LogP contribution in [-0.2, 0) is 0 Å². The number of aryl methyl sites for hydroxylation is 1. The molecule has 3 atom stereocenters. The average Bonchev–Trinajstić information content (AvgIpc) is 3.13. The highest BCUT2D eigenvalue weighted by molar-refractivity contribution is 6.28. The van der Waals surface area contributed by atoms with Crippen molar-refractivity contribution in [3.8, 4) is 0 Å². The largest absolute Gasteiger partial charge is 0.329 e. The van der Waals surface area contributed by atoms with Crippen LogP contribution in [0.3, 0.4) is 0 Å². The minimum absolute atomic E-state index is 0.345. The number of rotatable bonds is 2. The van der Waals surface area contributed by atoms with Crippen molar-refractivity contribution in [2.45, 2.75) is 45.1 Å². The van der Waals surface area contributed by atoms with E-state index < -0.39 is 0 Å². The van der Waals surface area contributed by atoms with E-state index >= 15 is 0 Å². The molecule has 2 aromatic heterocycles. The van der Waals surface area contributed by atoms with Crippen LogP contribution in [-0.4, -0.2) is 27.6 Å². The van der Waals surface area contributed by atoms with E-state index in [1.165, 1.54) is 50.8 Å². The van der Waals surface area contributed by atoms with Gasteiger partial charge in [-0.05, 0) is 81.1 Å². The molecule has 3 unspecified atom stereocenters. The number of piperidine rings is 1. The van der Waals surface area contributed by atoms with Gasteiger partial charge in [0.05, 0.1) is 0 Å². The van der Waals surface area contributed by atoms with E-state index in [0.717, 1.165) is 22.9 Å². The molecule has 118 valence electrons. The van der Waals surface area contributed by atoms with Crippen LogP contribution in [0, 0.1) is 18.8 Å². The SMILES string of the molecule is Cc1cn(C2CCC(C3CCCNC3)C2)c2nc(Cl)ncc12. The number of hydrogen-bond donors (Lipinski definition) is 1. The first kappa shape index (κ1) is 14.5. The Morgan fingerprint density at radius 1 is 1.27 bits per heavy atom. The van der Waals surface area contributed by atoms with Gasteiger partial charge in [0.15, 0.2) is 0 Å². The lowest BCUT2D eigenvalue weighted by molar-refractivity contribution is 0.262. The zero-order valence-electron chi connectivity index (χ0n) is 13.1. The van der Waals surface area contributed by atoms with Gasteiger partial charge in [-0.1, -0.05) is 0 Å². The van der Waals surface area contributed by atoms with Crippen LogP contribution in [0.5, 0.6) is 0 Å². The highest BCUT2D eigenvalue weighted by atomic mass is 35.5. The molecule has 1 N–H and O–H groups in total. The first-order valence-corrected chi connectivity index (χ1v) is 8.80. The quantitative estimate of drug-likeness (QED) is 0.858. The van der Waals surface area contributed by atoms with Gasteiger partial charge >= 0.3 is 0 Å². The minimum atomic E-state index is 0.345.